The number of benzene rings is 2. The van der Waals surface area contributed by atoms with Crippen LogP contribution in [0.3, 0.4) is 0 Å². The highest BCUT2D eigenvalue weighted by Crippen LogP contribution is 2.11. The second-order valence-electron chi connectivity index (χ2n) is 6.34. The Morgan fingerprint density at radius 1 is 0.808 bits per heavy atom. The Morgan fingerprint density at radius 2 is 1.35 bits per heavy atom. The number of rotatable bonds is 7. The summed E-state index contributed by atoms with van der Waals surface area (Å²) in [6.45, 7) is 6.10. The maximum absolute atomic E-state index is 10.2. The zero-order valence-corrected chi connectivity index (χ0v) is 16.5. The first-order valence-electron chi connectivity index (χ1n) is 8.64. The summed E-state index contributed by atoms with van der Waals surface area (Å²) in [4.78, 5) is 4.79. The molecule has 1 saturated heterocycles. The van der Waals surface area contributed by atoms with Gasteiger partial charge in [0.25, 0.3) is 0 Å². The minimum absolute atomic E-state index is 0. The smallest absolute Gasteiger partial charge is 0.119 e. The molecule has 0 aromatic heterocycles. The average Bonchev–Trinajstić information content (AvgIpc) is 2.63. The summed E-state index contributed by atoms with van der Waals surface area (Å²) in [7, 11) is 0. The van der Waals surface area contributed by atoms with Crippen molar-refractivity contribution in [2.75, 3.05) is 39.3 Å². The lowest BCUT2D eigenvalue weighted by Crippen LogP contribution is -2.48. The number of nitrogens with zero attached hydrogens (tertiary/aromatic N) is 2. The number of ether oxygens (including phenoxy) is 1. The molecule has 26 heavy (non-hydrogen) atoms. The highest BCUT2D eigenvalue weighted by atomic mass is 35.5. The molecule has 3 rings (SSSR count). The van der Waals surface area contributed by atoms with E-state index in [1.54, 1.807) is 0 Å². The van der Waals surface area contributed by atoms with E-state index < -0.39 is 6.10 Å². The molecule has 1 N–H and O–H groups in total. The van der Waals surface area contributed by atoms with E-state index >= 15 is 0 Å². The molecule has 0 aliphatic carbocycles. The monoisotopic (exact) mass is 398 g/mol. The van der Waals surface area contributed by atoms with Crippen molar-refractivity contribution in [2.24, 2.45) is 0 Å². The Hall–Kier alpha value is -1.30. The van der Waals surface area contributed by atoms with Crippen LogP contribution in [0.25, 0.3) is 0 Å². The molecule has 2 aromatic rings. The molecule has 4 nitrogen and oxygen atoms in total. The highest BCUT2D eigenvalue weighted by molar-refractivity contribution is 5.85. The van der Waals surface area contributed by atoms with E-state index in [0.29, 0.717) is 13.2 Å². The van der Waals surface area contributed by atoms with E-state index in [1.807, 2.05) is 30.3 Å². The Morgan fingerprint density at radius 3 is 1.96 bits per heavy atom. The Labute approximate surface area is 168 Å². The van der Waals surface area contributed by atoms with E-state index in [4.69, 9.17) is 4.74 Å². The summed E-state index contributed by atoms with van der Waals surface area (Å²) in [6.07, 6.45) is -0.453. The molecule has 0 amide bonds. The van der Waals surface area contributed by atoms with E-state index in [-0.39, 0.29) is 24.8 Å². The number of hydrogen-bond acceptors (Lipinski definition) is 4. The van der Waals surface area contributed by atoms with E-state index in [9.17, 15) is 5.11 Å². The van der Waals surface area contributed by atoms with Gasteiger partial charge in [-0.3, -0.25) is 9.80 Å². The number of hydrogen-bond donors (Lipinski definition) is 1. The van der Waals surface area contributed by atoms with Crippen LogP contribution in [0.5, 0.6) is 5.75 Å². The fourth-order valence-electron chi connectivity index (χ4n) is 3.03. The molecule has 1 atom stereocenters. The van der Waals surface area contributed by atoms with Crippen LogP contribution in [0.15, 0.2) is 60.7 Å². The minimum atomic E-state index is -0.453. The molecule has 1 fully saturated rings. The van der Waals surface area contributed by atoms with Gasteiger partial charge in [-0.1, -0.05) is 48.5 Å². The summed E-state index contributed by atoms with van der Waals surface area (Å²) in [5.41, 5.74) is 1.36. The zero-order valence-electron chi connectivity index (χ0n) is 14.9. The maximum atomic E-state index is 10.2. The number of aliphatic hydroxyl groups excluding tert-OH is 1. The van der Waals surface area contributed by atoms with Crippen molar-refractivity contribution in [1.29, 1.82) is 0 Å². The van der Waals surface area contributed by atoms with Gasteiger partial charge in [-0.15, -0.1) is 24.8 Å². The highest BCUT2D eigenvalue weighted by Gasteiger charge is 2.19. The van der Waals surface area contributed by atoms with Gasteiger partial charge in [0.2, 0.25) is 0 Å². The largest absolute Gasteiger partial charge is 0.491 e. The first-order valence-corrected chi connectivity index (χ1v) is 8.64. The molecule has 0 saturated carbocycles. The zero-order chi connectivity index (χ0) is 16.6. The Bertz CT molecular complexity index is 593. The summed E-state index contributed by atoms with van der Waals surface area (Å²) >= 11 is 0. The third kappa shape index (κ3) is 7.52. The SMILES string of the molecule is Cl.Cl.OC(COc1ccccc1)CN1CCN(Cc2ccccc2)CC1. The fourth-order valence-corrected chi connectivity index (χ4v) is 3.03. The standard InChI is InChI=1S/C20H26N2O2.2ClH/c23-19(17-24-20-9-5-2-6-10-20)16-22-13-11-21(12-14-22)15-18-7-3-1-4-8-18;;/h1-10,19,23H,11-17H2;2*1H. The number of halogens is 2. The molecule has 0 spiro atoms. The molecular weight excluding hydrogens is 371 g/mol. The van der Waals surface area contributed by atoms with Crippen molar-refractivity contribution in [2.45, 2.75) is 12.6 Å². The second-order valence-corrected chi connectivity index (χ2v) is 6.34. The van der Waals surface area contributed by atoms with Crippen LogP contribution in [0.1, 0.15) is 5.56 Å². The van der Waals surface area contributed by atoms with Crippen LogP contribution in [-0.4, -0.2) is 60.3 Å². The Balaban J connectivity index is 0.00000169. The van der Waals surface area contributed by atoms with Gasteiger partial charge in [0.15, 0.2) is 0 Å². The van der Waals surface area contributed by atoms with Gasteiger partial charge in [0, 0.05) is 39.3 Å². The van der Waals surface area contributed by atoms with Crippen molar-refractivity contribution >= 4 is 24.8 Å². The lowest BCUT2D eigenvalue weighted by Gasteiger charge is -2.35. The first kappa shape index (κ1) is 22.7. The van der Waals surface area contributed by atoms with Crippen LogP contribution in [-0.2, 0) is 6.54 Å². The molecule has 0 bridgehead atoms. The van der Waals surface area contributed by atoms with E-state index in [1.165, 1.54) is 5.56 Å². The van der Waals surface area contributed by atoms with Gasteiger partial charge >= 0.3 is 0 Å². The molecule has 1 aliphatic rings. The lowest BCUT2D eigenvalue weighted by atomic mass is 10.2. The predicted octanol–water partition coefficient (Wildman–Crippen LogP) is 3.09. The summed E-state index contributed by atoms with van der Waals surface area (Å²) < 4.78 is 5.62. The van der Waals surface area contributed by atoms with Gasteiger partial charge in [0.05, 0.1) is 0 Å². The van der Waals surface area contributed by atoms with Gasteiger partial charge < -0.3 is 9.84 Å². The summed E-state index contributed by atoms with van der Waals surface area (Å²) in [5, 5.41) is 10.2. The van der Waals surface area contributed by atoms with Gasteiger partial charge in [-0.25, -0.2) is 0 Å². The third-order valence-corrected chi connectivity index (χ3v) is 4.37. The van der Waals surface area contributed by atoms with Crippen LogP contribution in [0, 0.1) is 0 Å². The van der Waals surface area contributed by atoms with E-state index in [0.717, 1.165) is 38.5 Å². The first-order chi connectivity index (χ1) is 11.8. The quantitative estimate of drug-likeness (QED) is 0.777. The molecule has 1 heterocycles. The number of piperazine rings is 1. The van der Waals surface area contributed by atoms with Gasteiger partial charge in [-0.05, 0) is 17.7 Å². The van der Waals surface area contributed by atoms with Crippen LogP contribution < -0.4 is 4.74 Å². The summed E-state index contributed by atoms with van der Waals surface area (Å²) in [5.74, 6) is 0.809. The fraction of sp³-hybridized carbons (Fsp3) is 0.400. The predicted molar refractivity (Wildman–Crippen MR) is 111 cm³/mol. The minimum Gasteiger partial charge on any atom is -0.491 e. The van der Waals surface area contributed by atoms with Crippen LogP contribution >= 0.6 is 24.8 Å². The number of β-amino-alcohol motifs (C(OH)–C–C–N with tert-alkyl or cyclic N) is 1. The van der Waals surface area contributed by atoms with Gasteiger partial charge in [0.1, 0.15) is 18.5 Å². The summed E-state index contributed by atoms with van der Waals surface area (Å²) in [6, 6.07) is 20.3. The normalized spacial score (nSPS) is 16.2. The maximum Gasteiger partial charge on any atom is 0.119 e. The molecule has 0 radical (unpaired) electrons. The van der Waals surface area contributed by atoms with Crippen molar-refractivity contribution in [3.05, 3.63) is 66.2 Å². The van der Waals surface area contributed by atoms with Crippen LogP contribution in [0.2, 0.25) is 0 Å². The topological polar surface area (TPSA) is 35.9 Å². The van der Waals surface area contributed by atoms with E-state index in [2.05, 4.69) is 40.1 Å². The number of para-hydroxylation sites is 1. The molecular formula is C20H28Cl2N2O2. The van der Waals surface area contributed by atoms with Crippen molar-refractivity contribution in [1.82, 2.24) is 9.80 Å². The Kier molecular flexibility index (Phi) is 10.6. The molecule has 2 aromatic carbocycles. The molecule has 6 heteroatoms. The van der Waals surface area contributed by atoms with Gasteiger partial charge in [-0.2, -0.15) is 0 Å². The molecule has 1 unspecified atom stereocenters. The second kappa shape index (κ2) is 12.2. The van der Waals surface area contributed by atoms with Crippen molar-refractivity contribution in [3.8, 4) is 5.75 Å². The van der Waals surface area contributed by atoms with Crippen molar-refractivity contribution in [3.63, 3.8) is 0 Å². The van der Waals surface area contributed by atoms with Crippen molar-refractivity contribution < 1.29 is 9.84 Å². The third-order valence-electron chi connectivity index (χ3n) is 4.37. The lowest BCUT2D eigenvalue weighted by molar-refractivity contribution is 0.0446. The number of aliphatic hydroxyl groups is 1. The van der Waals surface area contributed by atoms with Crippen LogP contribution in [0.4, 0.5) is 0 Å². The molecule has 1 aliphatic heterocycles. The average molecular weight is 399 g/mol. The molecule has 144 valence electrons.